The molecule has 0 spiro atoms. The van der Waals surface area contributed by atoms with Crippen molar-refractivity contribution in [2.24, 2.45) is 5.41 Å². The van der Waals surface area contributed by atoms with Crippen molar-refractivity contribution in [3.05, 3.63) is 125 Å². The lowest BCUT2D eigenvalue weighted by Gasteiger charge is -2.39. The van der Waals surface area contributed by atoms with Crippen molar-refractivity contribution in [2.75, 3.05) is 19.6 Å². The SMILES string of the molecule is Cc1ccccc1CCc1ccccc1/C=C\CCN1CCC(Cc2ccc3ccccc3c2)(C(=O)O)CC1. The summed E-state index contributed by atoms with van der Waals surface area (Å²) >= 11 is 0. The van der Waals surface area contributed by atoms with E-state index in [9.17, 15) is 9.90 Å². The average Bonchev–Trinajstić information content (AvgIpc) is 2.96. The Bertz CT molecular complexity index is 1450. The molecule has 4 aromatic carbocycles. The number of hydrogen-bond acceptors (Lipinski definition) is 2. The summed E-state index contributed by atoms with van der Waals surface area (Å²) in [6.07, 6.45) is 9.58. The number of nitrogens with zero attached hydrogens (tertiary/aromatic N) is 1. The van der Waals surface area contributed by atoms with Gasteiger partial charge in [-0.05, 0) is 97.1 Å². The minimum absolute atomic E-state index is 0.597. The molecule has 3 heteroatoms. The van der Waals surface area contributed by atoms with Gasteiger partial charge in [-0.3, -0.25) is 4.79 Å². The van der Waals surface area contributed by atoms with Crippen molar-refractivity contribution >= 4 is 22.8 Å². The summed E-state index contributed by atoms with van der Waals surface area (Å²) in [5.41, 5.74) is 5.90. The Morgan fingerprint density at radius 2 is 1.51 bits per heavy atom. The second kappa shape index (κ2) is 12.4. The smallest absolute Gasteiger partial charge is 0.310 e. The fourth-order valence-electron chi connectivity index (χ4n) is 5.96. The van der Waals surface area contributed by atoms with Crippen LogP contribution in [0.4, 0.5) is 0 Å². The summed E-state index contributed by atoms with van der Waals surface area (Å²) in [7, 11) is 0. The van der Waals surface area contributed by atoms with Crippen molar-refractivity contribution in [3.63, 3.8) is 0 Å². The first-order valence-corrected chi connectivity index (χ1v) is 14.2. The lowest BCUT2D eigenvalue weighted by atomic mass is 9.73. The number of aliphatic carboxylic acids is 1. The Morgan fingerprint density at radius 3 is 2.28 bits per heavy atom. The highest BCUT2D eigenvalue weighted by atomic mass is 16.4. The fraction of sp³-hybridized carbons (Fsp3) is 0.306. The molecule has 0 amide bonds. The molecule has 1 fully saturated rings. The third kappa shape index (κ3) is 6.66. The molecule has 0 aromatic heterocycles. The highest BCUT2D eigenvalue weighted by Crippen LogP contribution is 2.36. The van der Waals surface area contributed by atoms with Crippen LogP contribution in [0, 0.1) is 12.3 Å². The normalized spacial score (nSPS) is 15.6. The van der Waals surface area contributed by atoms with E-state index in [1.54, 1.807) is 0 Å². The molecule has 39 heavy (non-hydrogen) atoms. The summed E-state index contributed by atoms with van der Waals surface area (Å²) in [5.74, 6) is -0.655. The van der Waals surface area contributed by atoms with Crippen LogP contribution in [0.5, 0.6) is 0 Å². The zero-order valence-corrected chi connectivity index (χ0v) is 23.0. The van der Waals surface area contributed by atoms with Crippen molar-refractivity contribution in [3.8, 4) is 0 Å². The Morgan fingerprint density at radius 1 is 0.846 bits per heavy atom. The first kappa shape index (κ1) is 26.9. The maximum Gasteiger partial charge on any atom is 0.310 e. The van der Waals surface area contributed by atoms with Crippen LogP contribution in [0.25, 0.3) is 16.8 Å². The second-order valence-electron chi connectivity index (χ2n) is 11.1. The molecule has 1 saturated heterocycles. The highest BCUT2D eigenvalue weighted by molar-refractivity contribution is 5.83. The number of carboxylic acids is 1. The van der Waals surface area contributed by atoms with Crippen LogP contribution in [-0.4, -0.2) is 35.6 Å². The maximum atomic E-state index is 12.4. The van der Waals surface area contributed by atoms with Crippen LogP contribution in [0.15, 0.2) is 97.1 Å². The minimum Gasteiger partial charge on any atom is -0.481 e. The van der Waals surface area contributed by atoms with Gasteiger partial charge in [-0.25, -0.2) is 0 Å². The van der Waals surface area contributed by atoms with Gasteiger partial charge in [-0.1, -0.05) is 103 Å². The molecule has 0 unspecified atom stereocenters. The van der Waals surface area contributed by atoms with E-state index in [4.69, 9.17) is 0 Å². The number of carbonyl (C=O) groups is 1. The topological polar surface area (TPSA) is 40.5 Å². The largest absolute Gasteiger partial charge is 0.481 e. The third-order valence-electron chi connectivity index (χ3n) is 8.51. The molecule has 5 rings (SSSR count). The molecule has 1 aliphatic rings. The molecular weight excluding hydrogens is 478 g/mol. The molecule has 1 heterocycles. The Labute approximate surface area is 232 Å². The van der Waals surface area contributed by atoms with E-state index in [2.05, 4.69) is 103 Å². The third-order valence-corrected chi connectivity index (χ3v) is 8.51. The van der Waals surface area contributed by atoms with E-state index in [0.29, 0.717) is 19.3 Å². The first-order valence-electron chi connectivity index (χ1n) is 14.2. The summed E-state index contributed by atoms with van der Waals surface area (Å²) in [6.45, 7) is 4.82. The zero-order chi connectivity index (χ0) is 27.1. The summed E-state index contributed by atoms with van der Waals surface area (Å²) in [5, 5.41) is 12.6. The fourth-order valence-corrected chi connectivity index (χ4v) is 5.96. The molecule has 0 saturated carbocycles. The zero-order valence-electron chi connectivity index (χ0n) is 23.0. The predicted octanol–water partition coefficient (Wildman–Crippen LogP) is 7.75. The standard InChI is InChI=1S/C36H39NO2/c1-28-10-2-3-11-30(28)19-20-32-13-5-4-12-31(32)15-8-9-23-37-24-21-36(22-25-37,35(38)39)27-29-17-18-33-14-6-7-16-34(33)26-29/h2-8,10-18,26H,9,19-25,27H2,1H3,(H,38,39)/b15-8-. The number of rotatable bonds is 10. The number of hydrogen-bond donors (Lipinski definition) is 1. The van der Waals surface area contributed by atoms with Gasteiger partial charge in [0.25, 0.3) is 0 Å². The molecule has 1 aliphatic heterocycles. The average molecular weight is 518 g/mol. The lowest BCUT2D eigenvalue weighted by Crippen LogP contribution is -2.45. The van der Waals surface area contributed by atoms with Gasteiger partial charge in [-0.2, -0.15) is 0 Å². The van der Waals surface area contributed by atoms with Crippen molar-refractivity contribution in [1.29, 1.82) is 0 Å². The van der Waals surface area contributed by atoms with E-state index < -0.39 is 11.4 Å². The number of aryl methyl sites for hydroxylation is 3. The summed E-state index contributed by atoms with van der Waals surface area (Å²) < 4.78 is 0. The molecule has 0 atom stereocenters. The van der Waals surface area contributed by atoms with Gasteiger partial charge >= 0.3 is 5.97 Å². The van der Waals surface area contributed by atoms with Gasteiger partial charge < -0.3 is 10.0 Å². The monoisotopic (exact) mass is 517 g/mol. The lowest BCUT2D eigenvalue weighted by molar-refractivity contribution is -0.152. The van der Waals surface area contributed by atoms with E-state index in [0.717, 1.165) is 44.5 Å². The first-order chi connectivity index (χ1) is 19.0. The van der Waals surface area contributed by atoms with Crippen molar-refractivity contribution in [2.45, 2.75) is 45.4 Å². The van der Waals surface area contributed by atoms with E-state index >= 15 is 0 Å². The van der Waals surface area contributed by atoms with Crippen molar-refractivity contribution < 1.29 is 9.90 Å². The van der Waals surface area contributed by atoms with Gasteiger partial charge in [0.1, 0.15) is 0 Å². The van der Waals surface area contributed by atoms with Crippen LogP contribution in [0.2, 0.25) is 0 Å². The van der Waals surface area contributed by atoms with Crippen LogP contribution < -0.4 is 0 Å². The maximum absolute atomic E-state index is 12.4. The molecule has 4 aromatic rings. The van der Waals surface area contributed by atoms with Crippen LogP contribution in [-0.2, 0) is 24.1 Å². The Balaban J connectivity index is 1.14. The quantitative estimate of drug-likeness (QED) is 0.234. The van der Waals surface area contributed by atoms with Crippen LogP contribution in [0.3, 0.4) is 0 Å². The molecule has 3 nitrogen and oxygen atoms in total. The minimum atomic E-state index is -0.676. The molecule has 0 radical (unpaired) electrons. The Kier molecular flexibility index (Phi) is 8.58. The number of piperidine rings is 1. The van der Waals surface area contributed by atoms with Gasteiger partial charge in [0, 0.05) is 6.54 Å². The van der Waals surface area contributed by atoms with Crippen molar-refractivity contribution in [1.82, 2.24) is 4.90 Å². The molecular formula is C36H39NO2. The van der Waals surface area contributed by atoms with Gasteiger partial charge in [-0.15, -0.1) is 0 Å². The van der Waals surface area contributed by atoms with E-state index in [1.807, 2.05) is 12.1 Å². The number of likely N-dealkylation sites (tertiary alicyclic amines) is 1. The molecule has 200 valence electrons. The number of carboxylic acid groups (broad SMARTS) is 1. The number of benzene rings is 4. The summed E-state index contributed by atoms with van der Waals surface area (Å²) in [4.78, 5) is 14.9. The second-order valence-corrected chi connectivity index (χ2v) is 11.1. The van der Waals surface area contributed by atoms with Crippen LogP contribution in [0.1, 0.15) is 47.1 Å². The highest BCUT2D eigenvalue weighted by Gasteiger charge is 2.41. The van der Waals surface area contributed by atoms with Gasteiger partial charge in [0.15, 0.2) is 0 Å². The predicted molar refractivity (Wildman–Crippen MR) is 162 cm³/mol. The molecule has 0 bridgehead atoms. The molecule has 0 aliphatic carbocycles. The summed E-state index contributed by atoms with van der Waals surface area (Å²) in [6, 6.07) is 32.0. The number of fused-ring (bicyclic) bond motifs is 1. The van der Waals surface area contributed by atoms with E-state index in [1.165, 1.54) is 33.0 Å². The van der Waals surface area contributed by atoms with Gasteiger partial charge in [0.05, 0.1) is 5.41 Å². The van der Waals surface area contributed by atoms with Crippen LogP contribution >= 0.6 is 0 Å². The molecule has 1 N–H and O–H groups in total. The Hall–Kier alpha value is -3.69. The van der Waals surface area contributed by atoms with E-state index in [-0.39, 0.29) is 0 Å². The van der Waals surface area contributed by atoms with Gasteiger partial charge in [0.2, 0.25) is 0 Å².